The standard InChI is InChI=1S/C15H26N4O2/c1-12(2)19-11-16-8-14(19)9-17-13-4-6-18(7-5-13)15(20)10-21-3/h8,11-13,17H,4-7,9-10H2,1-3H3. The van der Waals surface area contributed by atoms with E-state index in [4.69, 9.17) is 4.74 Å². The van der Waals surface area contributed by atoms with Crippen molar-refractivity contribution < 1.29 is 9.53 Å². The van der Waals surface area contributed by atoms with E-state index in [0.717, 1.165) is 32.5 Å². The maximum absolute atomic E-state index is 11.7. The lowest BCUT2D eigenvalue weighted by atomic mass is 10.0. The van der Waals surface area contributed by atoms with Crippen LogP contribution in [0.3, 0.4) is 0 Å². The lowest BCUT2D eigenvalue weighted by molar-refractivity contribution is -0.136. The molecule has 0 bridgehead atoms. The van der Waals surface area contributed by atoms with Crippen molar-refractivity contribution in [1.82, 2.24) is 19.8 Å². The number of amides is 1. The largest absolute Gasteiger partial charge is 0.375 e. The number of rotatable bonds is 6. The third-order valence-electron chi connectivity index (χ3n) is 3.99. The van der Waals surface area contributed by atoms with Gasteiger partial charge in [0.05, 0.1) is 12.0 Å². The van der Waals surface area contributed by atoms with Gasteiger partial charge in [-0.15, -0.1) is 0 Å². The van der Waals surface area contributed by atoms with Gasteiger partial charge in [-0.1, -0.05) is 0 Å². The summed E-state index contributed by atoms with van der Waals surface area (Å²) in [4.78, 5) is 17.8. The zero-order chi connectivity index (χ0) is 15.2. The summed E-state index contributed by atoms with van der Waals surface area (Å²) in [5, 5.41) is 3.58. The Balaban J connectivity index is 1.76. The fourth-order valence-corrected chi connectivity index (χ4v) is 2.73. The van der Waals surface area contributed by atoms with Crippen molar-refractivity contribution in [1.29, 1.82) is 0 Å². The molecule has 0 radical (unpaired) electrons. The summed E-state index contributed by atoms with van der Waals surface area (Å²) in [6.45, 7) is 6.95. The second-order valence-corrected chi connectivity index (χ2v) is 5.85. The number of imidazole rings is 1. The Labute approximate surface area is 126 Å². The van der Waals surface area contributed by atoms with Crippen LogP contribution in [0.25, 0.3) is 0 Å². The molecule has 0 aliphatic carbocycles. The number of aromatic nitrogens is 2. The quantitative estimate of drug-likeness (QED) is 0.856. The number of ether oxygens (including phenoxy) is 1. The molecule has 2 rings (SSSR count). The van der Waals surface area contributed by atoms with E-state index in [1.165, 1.54) is 5.69 Å². The molecule has 6 nitrogen and oxygen atoms in total. The maximum atomic E-state index is 11.7. The number of nitrogens with zero attached hydrogens (tertiary/aromatic N) is 3. The van der Waals surface area contributed by atoms with E-state index < -0.39 is 0 Å². The molecule has 2 heterocycles. The van der Waals surface area contributed by atoms with E-state index in [-0.39, 0.29) is 12.5 Å². The number of carbonyl (C=O) groups is 1. The minimum Gasteiger partial charge on any atom is -0.375 e. The first-order chi connectivity index (χ1) is 10.1. The van der Waals surface area contributed by atoms with Crippen LogP contribution in [-0.4, -0.2) is 53.2 Å². The second-order valence-electron chi connectivity index (χ2n) is 5.85. The van der Waals surface area contributed by atoms with Crippen molar-refractivity contribution in [2.45, 2.75) is 45.3 Å². The molecule has 1 amide bonds. The Morgan fingerprint density at radius 3 is 2.81 bits per heavy atom. The summed E-state index contributed by atoms with van der Waals surface area (Å²) in [6.07, 6.45) is 5.79. The minimum absolute atomic E-state index is 0.0915. The van der Waals surface area contributed by atoms with Gasteiger partial charge in [-0.25, -0.2) is 4.98 Å². The van der Waals surface area contributed by atoms with Gasteiger partial charge in [-0.3, -0.25) is 4.79 Å². The Morgan fingerprint density at radius 2 is 2.19 bits per heavy atom. The van der Waals surface area contributed by atoms with E-state index in [1.54, 1.807) is 7.11 Å². The first kappa shape index (κ1) is 16.0. The lowest BCUT2D eigenvalue weighted by Gasteiger charge is -2.32. The highest BCUT2D eigenvalue weighted by atomic mass is 16.5. The average Bonchev–Trinajstić information content (AvgIpc) is 2.94. The molecule has 6 heteroatoms. The zero-order valence-electron chi connectivity index (χ0n) is 13.2. The summed E-state index contributed by atoms with van der Waals surface area (Å²) < 4.78 is 7.08. The molecule has 1 aliphatic heterocycles. The molecule has 1 aromatic heterocycles. The Hall–Kier alpha value is -1.40. The van der Waals surface area contributed by atoms with Crippen molar-refractivity contribution in [3.8, 4) is 0 Å². The highest BCUT2D eigenvalue weighted by molar-refractivity contribution is 5.77. The van der Waals surface area contributed by atoms with E-state index in [2.05, 4.69) is 28.7 Å². The smallest absolute Gasteiger partial charge is 0.248 e. The number of likely N-dealkylation sites (tertiary alicyclic amines) is 1. The van der Waals surface area contributed by atoms with Crippen LogP contribution in [0.5, 0.6) is 0 Å². The van der Waals surface area contributed by atoms with E-state index in [0.29, 0.717) is 12.1 Å². The topological polar surface area (TPSA) is 59.4 Å². The van der Waals surface area contributed by atoms with E-state index >= 15 is 0 Å². The van der Waals surface area contributed by atoms with Gasteiger partial charge in [0.2, 0.25) is 5.91 Å². The molecule has 1 fully saturated rings. The number of carbonyl (C=O) groups excluding carboxylic acids is 1. The summed E-state index contributed by atoms with van der Waals surface area (Å²) in [5.41, 5.74) is 1.21. The highest BCUT2D eigenvalue weighted by Crippen LogP contribution is 2.13. The Kier molecular flexibility index (Phi) is 5.76. The number of hydrogen-bond donors (Lipinski definition) is 1. The summed E-state index contributed by atoms with van der Waals surface area (Å²) in [7, 11) is 1.56. The third-order valence-corrected chi connectivity index (χ3v) is 3.99. The van der Waals surface area contributed by atoms with Crippen molar-refractivity contribution in [3.63, 3.8) is 0 Å². The molecular formula is C15H26N4O2. The van der Waals surface area contributed by atoms with Crippen LogP contribution < -0.4 is 5.32 Å². The number of nitrogens with one attached hydrogen (secondary N) is 1. The van der Waals surface area contributed by atoms with E-state index in [1.807, 2.05) is 17.4 Å². The predicted octanol–water partition coefficient (Wildman–Crippen LogP) is 1.19. The van der Waals surface area contributed by atoms with Crippen LogP contribution in [0.15, 0.2) is 12.5 Å². The minimum atomic E-state index is 0.0915. The molecule has 1 saturated heterocycles. The van der Waals surface area contributed by atoms with Crippen LogP contribution in [-0.2, 0) is 16.1 Å². The van der Waals surface area contributed by atoms with Gasteiger partial charge in [0.1, 0.15) is 6.61 Å². The van der Waals surface area contributed by atoms with Crippen LogP contribution in [0, 0.1) is 0 Å². The van der Waals surface area contributed by atoms with Crippen molar-refractivity contribution in [2.24, 2.45) is 0 Å². The van der Waals surface area contributed by atoms with E-state index in [9.17, 15) is 4.79 Å². The Morgan fingerprint density at radius 1 is 1.48 bits per heavy atom. The summed E-state index contributed by atoms with van der Waals surface area (Å²) in [5.74, 6) is 0.0915. The molecule has 118 valence electrons. The molecule has 1 aromatic rings. The molecule has 1 N–H and O–H groups in total. The maximum Gasteiger partial charge on any atom is 0.248 e. The van der Waals surface area contributed by atoms with Gasteiger partial charge in [0.15, 0.2) is 0 Å². The molecule has 21 heavy (non-hydrogen) atoms. The Bertz CT molecular complexity index is 450. The lowest BCUT2D eigenvalue weighted by Crippen LogP contribution is -2.45. The van der Waals surface area contributed by atoms with Gasteiger partial charge in [0.25, 0.3) is 0 Å². The third kappa shape index (κ3) is 4.28. The summed E-state index contributed by atoms with van der Waals surface area (Å²) >= 11 is 0. The molecule has 0 atom stereocenters. The second kappa shape index (κ2) is 7.56. The van der Waals surface area contributed by atoms with Gasteiger partial charge in [0, 0.05) is 45.0 Å². The first-order valence-electron chi connectivity index (χ1n) is 7.62. The summed E-state index contributed by atoms with van der Waals surface area (Å²) in [6, 6.07) is 0.893. The fraction of sp³-hybridized carbons (Fsp3) is 0.733. The van der Waals surface area contributed by atoms with Crippen LogP contribution in [0.1, 0.15) is 38.4 Å². The predicted molar refractivity (Wildman–Crippen MR) is 80.9 cm³/mol. The normalized spacial score (nSPS) is 16.7. The number of piperidine rings is 1. The van der Waals surface area contributed by atoms with Crippen LogP contribution >= 0.6 is 0 Å². The van der Waals surface area contributed by atoms with Gasteiger partial charge in [-0.05, 0) is 26.7 Å². The highest BCUT2D eigenvalue weighted by Gasteiger charge is 2.22. The molecular weight excluding hydrogens is 268 g/mol. The fourth-order valence-electron chi connectivity index (χ4n) is 2.73. The van der Waals surface area contributed by atoms with Crippen molar-refractivity contribution >= 4 is 5.91 Å². The van der Waals surface area contributed by atoms with Gasteiger partial charge >= 0.3 is 0 Å². The molecule has 0 saturated carbocycles. The molecule has 1 aliphatic rings. The van der Waals surface area contributed by atoms with Crippen LogP contribution in [0.4, 0.5) is 0 Å². The molecule has 0 aromatic carbocycles. The number of hydrogen-bond acceptors (Lipinski definition) is 4. The average molecular weight is 294 g/mol. The van der Waals surface area contributed by atoms with Crippen molar-refractivity contribution in [2.75, 3.05) is 26.8 Å². The zero-order valence-corrected chi connectivity index (χ0v) is 13.2. The monoisotopic (exact) mass is 294 g/mol. The molecule has 0 unspecified atom stereocenters. The number of methoxy groups -OCH3 is 1. The van der Waals surface area contributed by atoms with Gasteiger partial charge < -0.3 is 19.5 Å². The SMILES string of the molecule is COCC(=O)N1CCC(NCc2cncn2C(C)C)CC1. The van der Waals surface area contributed by atoms with Crippen molar-refractivity contribution in [3.05, 3.63) is 18.2 Å². The first-order valence-corrected chi connectivity index (χ1v) is 7.62. The van der Waals surface area contributed by atoms with Crippen LogP contribution in [0.2, 0.25) is 0 Å². The van der Waals surface area contributed by atoms with Gasteiger partial charge in [-0.2, -0.15) is 0 Å². The molecule has 0 spiro atoms.